The molecule has 32 heavy (non-hydrogen) atoms. The standard InChI is InChI=1S/C25H24N4O2S/c1-15-5-6-19(14-27-15)18(4)29-24(30)20-10-21(25-28-13-17(3)32-25)12-23(11-20)31-22-7-8-26-16(2)9-22/h5-14,18H,1-4H3,(H,29,30). The van der Waals surface area contributed by atoms with Crippen molar-refractivity contribution in [2.75, 3.05) is 0 Å². The Labute approximate surface area is 191 Å². The van der Waals surface area contributed by atoms with Crippen molar-refractivity contribution in [3.63, 3.8) is 0 Å². The Bertz CT molecular complexity index is 1250. The average molecular weight is 445 g/mol. The van der Waals surface area contributed by atoms with E-state index < -0.39 is 0 Å². The van der Waals surface area contributed by atoms with Crippen molar-refractivity contribution in [1.82, 2.24) is 20.3 Å². The van der Waals surface area contributed by atoms with Gasteiger partial charge in [-0.3, -0.25) is 14.8 Å². The minimum atomic E-state index is -0.191. The fraction of sp³-hybridized carbons (Fsp3) is 0.200. The highest BCUT2D eigenvalue weighted by Gasteiger charge is 2.16. The molecule has 3 heterocycles. The third-order valence-electron chi connectivity index (χ3n) is 4.92. The van der Waals surface area contributed by atoms with Gasteiger partial charge in [-0.2, -0.15) is 0 Å². The van der Waals surface area contributed by atoms with E-state index in [0.29, 0.717) is 17.1 Å². The Morgan fingerprint density at radius 3 is 2.47 bits per heavy atom. The number of ether oxygens (including phenoxy) is 1. The molecule has 1 amide bonds. The first-order valence-corrected chi connectivity index (χ1v) is 11.1. The summed E-state index contributed by atoms with van der Waals surface area (Å²) < 4.78 is 6.07. The third-order valence-corrected chi connectivity index (χ3v) is 5.88. The van der Waals surface area contributed by atoms with Gasteiger partial charge < -0.3 is 10.1 Å². The molecule has 1 unspecified atom stereocenters. The Hall–Kier alpha value is -3.58. The molecule has 0 spiro atoms. The molecule has 6 nitrogen and oxygen atoms in total. The quantitative estimate of drug-likeness (QED) is 0.406. The number of aryl methyl sites for hydroxylation is 3. The minimum absolute atomic E-state index is 0.187. The molecule has 3 aromatic heterocycles. The molecule has 0 bridgehead atoms. The summed E-state index contributed by atoms with van der Waals surface area (Å²) in [5.74, 6) is 1.04. The van der Waals surface area contributed by atoms with Crippen molar-refractivity contribution >= 4 is 17.2 Å². The molecule has 0 aliphatic heterocycles. The molecular formula is C25H24N4O2S. The summed E-state index contributed by atoms with van der Waals surface area (Å²) in [5, 5.41) is 3.89. The van der Waals surface area contributed by atoms with Crippen molar-refractivity contribution in [3.8, 4) is 22.1 Å². The summed E-state index contributed by atoms with van der Waals surface area (Å²) >= 11 is 1.57. The zero-order chi connectivity index (χ0) is 22.7. The number of thiazole rings is 1. The zero-order valence-corrected chi connectivity index (χ0v) is 19.2. The minimum Gasteiger partial charge on any atom is -0.457 e. The van der Waals surface area contributed by atoms with Crippen molar-refractivity contribution in [2.45, 2.75) is 33.7 Å². The first kappa shape index (κ1) is 21.6. The van der Waals surface area contributed by atoms with E-state index in [1.165, 1.54) is 0 Å². The molecular weight excluding hydrogens is 420 g/mol. The van der Waals surface area contributed by atoms with Crippen LogP contribution in [0.5, 0.6) is 11.5 Å². The van der Waals surface area contributed by atoms with E-state index in [0.717, 1.165) is 32.4 Å². The Morgan fingerprint density at radius 2 is 1.78 bits per heavy atom. The van der Waals surface area contributed by atoms with E-state index in [-0.39, 0.29) is 11.9 Å². The number of amides is 1. The van der Waals surface area contributed by atoms with E-state index in [1.807, 2.05) is 64.2 Å². The monoisotopic (exact) mass is 444 g/mol. The largest absolute Gasteiger partial charge is 0.457 e. The number of hydrogen-bond donors (Lipinski definition) is 1. The molecule has 0 fully saturated rings. The van der Waals surface area contributed by atoms with Gasteiger partial charge in [0, 0.05) is 52.0 Å². The zero-order valence-electron chi connectivity index (χ0n) is 18.4. The second-order valence-corrected chi connectivity index (χ2v) is 8.92. The molecule has 4 rings (SSSR count). The number of aromatic nitrogens is 3. The lowest BCUT2D eigenvalue weighted by Gasteiger charge is -2.15. The van der Waals surface area contributed by atoms with Crippen LogP contribution >= 0.6 is 11.3 Å². The molecule has 0 saturated carbocycles. The molecule has 4 aromatic rings. The summed E-state index contributed by atoms with van der Waals surface area (Å²) in [7, 11) is 0. The predicted molar refractivity (Wildman–Crippen MR) is 126 cm³/mol. The third kappa shape index (κ3) is 5.18. The molecule has 1 aromatic carbocycles. The van der Waals surface area contributed by atoms with Crippen LogP contribution in [0.25, 0.3) is 10.6 Å². The lowest BCUT2D eigenvalue weighted by Crippen LogP contribution is -2.26. The fourth-order valence-corrected chi connectivity index (χ4v) is 3.97. The second-order valence-electron chi connectivity index (χ2n) is 7.69. The maximum absolute atomic E-state index is 13.1. The van der Waals surface area contributed by atoms with Crippen LogP contribution in [0.3, 0.4) is 0 Å². The Balaban J connectivity index is 1.65. The van der Waals surface area contributed by atoms with Gasteiger partial charge in [0.25, 0.3) is 5.91 Å². The van der Waals surface area contributed by atoms with Crippen LogP contribution in [0.2, 0.25) is 0 Å². The maximum Gasteiger partial charge on any atom is 0.251 e. The molecule has 0 aliphatic carbocycles. The summed E-state index contributed by atoms with van der Waals surface area (Å²) in [5.41, 5.74) is 4.07. The number of rotatable bonds is 6. The molecule has 1 atom stereocenters. The van der Waals surface area contributed by atoms with Crippen LogP contribution in [0, 0.1) is 20.8 Å². The SMILES string of the molecule is Cc1ccc(C(C)NC(=O)c2cc(Oc3ccnc(C)c3)cc(-c3ncc(C)s3)c2)cn1. The number of carbonyl (C=O) groups excluding carboxylic acids is 1. The Kier molecular flexibility index (Phi) is 6.28. The summed E-state index contributed by atoms with van der Waals surface area (Å²) in [6.07, 6.45) is 5.31. The van der Waals surface area contributed by atoms with Crippen molar-refractivity contribution in [3.05, 3.63) is 88.4 Å². The molecule has 0 radical (unpaired) electrons. The lowest BCUT2D eigenvalue weighted by atomic mass is 10.1. The number of pyridine rings is 2. The highest BCUT2D eigenvalue weighted by molar-refractivity contribution is 7.14. The van der Waals surface area contributed by atoms with E-state index in [2.05, 4.69) is 20.3 Å². The Morgan fingerprint density at radius 1 is 0.938 bits per heavy atom. The number of hydrogen-bond acceptors (Lipinski definition) is 6. The van der Waals surface area contributed by atoms with Crippen LogP contribution in [0.4, 0.5) is 0 Å². The van der Waals surface area contributed by atoms with Gasteiger partial charge in [0.1, 0.15) is 16.5 Å². The van der Waals surface area contributed by atoms with Crippen molar-refractivity contribution in [1.29, 1.82) is 0 Å². The average Bonchev–Trinajstić information content (AvgIpc) is 3.20. The smallest absolute Gasteiger partial charge is 0.251 e. The van der Waals surface area contributed by atoms with Crippen LogP contribution in [0.1, 0.15) is 45.2 Å². The van der Waals surface area contributed by atoms with Gasteiger partial charge >= 0.3 is 0 Å². The first-order chi connectivity index (χ1) is 15.4. The van der Waals surface area contributed by atoms with E-state index in [9.17, 15) is 4.79 Å². The number of nitrogens with one attached hydrogen (secondary N) is 1. The number of carbonyl (C=O) groups is 1. The number of nitrogens with zero attached hydrogens (tertiary/aromatic N) is 3. The molecule has 162 valence electrons. The predicted octanol–water partition coefficient (Wildman–Crippen LogP) is 5.81. The number of benzene rings is 1. The van der Waals surface area contributed by atoms with E-state index >= 15 is 0 Å². The van der Waals surface area contributed by atoms with Crippen LogP contribution in [-0.4, -0.2) is 20.9 Å². The fourth-order valence-electron chi connectivity index (χ4n) is 3.22. The van der Waals surface area contributed by atoms with Crippen LogP contribution in [0.15, 0.2) is 61.1 Å². The second kappa shape index (κ2) is 9.28. The van der Waals surface area contributed by atoms with Gasteiger partial charge in [0.05, 0.1) is 6.04 Å². The topological polar surface area (TPSA) is 77.0 Å². The van der Waals surface area contributed by atoms with E-state index in [1.54, 1.807) is 35.9 Å². The maximum atomic E-state index is 13.1. The first-order valence-electron chi connectivity index (χ1n) is 10.3. The molecule has 1 N–H and O–H groups in total. The normalized spacial score (nSPS) is 11.8. The highest BCUT2D eigenvalue weighted by atomic mass is 32.1. The molecule has 7 heteroatoms. The molecule has 0 saturated heterocycles. The van der Waals surface area contributed by atoms with Gasteiger partial charge in [-0.05, 0) is 63.6 Å². The highest BCUT2D eigenvalue weighted by Crippen LogP contribution is 2.32. The van der Waals surface area contributed by atoms with Gasteiger partial charge in [0.15, 0.2) is 0 Å². The van der Waals surface area contributed by atoms with Gasteiger partial charge in [-0.1, -0.05) is 6.07 Å². The van der Waals surface area contributed by atoms with E-state index in [4.69, 9.17) is 4.74 Å². The van der Waals surface area contributed by atoms with Crippen molar-refractivity contribution < 1.29 is 9.53 Å². The summed E-state index contributed by atoms with van der Waals surface area (Å²) in [6.45, 7) is 7.79. The van der Waals surface area contributed by atoms with Gasteiger partial charge in [-0.25, -0.2) is 4.98 Å². The van der Waals surface area contributed by atoms with Gasteiger partial charge in [-0.15, -0.1) is 11.3 Å². The summed E-state index contributed by atoms with van der Waals surface area (Å²) in [6, 6.07) is 12.9. The van der Waals surface area contributed by atoms with Crippen molar-refractivity contribution in [2.24, 2.45) is 0 Å². The van der Waals surface area contributed by atoms with Crippen LogP contribution in [-0.2, 0) is 0 Å². The summed E-state index contributed by atoms with van der Waals surface area (Å²) in [4.78, 5) is 27.2. The molecule has 0 aliphatic rings. The van der Waals surface area contributed by atoms with Gasteiger partial charge in [0.2, 0.25) is 0 Å². The lowest BCUT2D eigenvalue weighted by molar-refractivity contribution is 0.0939. The van der Waals surface area contributed by atoms with Crippen LogP contribution < -0.4 is 10.1 Å².